The van der Waals surface area contributed by atoms with Crippen molar-refractivity contribution in [2.75, 3.05) is 29.9 Å². The predicted molar refractivity (Wildman–Crippen MR) is 83.5 cm³/mol. The standard InChI is InChI=1S/C6H9ClN4O.C4H3Cl2N3/c7-4-3-5(9-1-2-12)11-6(8)10-4;5-2-1-3(6)9-4(7)8-2/h3,12H,1-2H2,(H3,8,9,10,11);1H,(H2,7,8,9). The molecule has 0 aliphatic heterocycles. The number of nitrogen functional groups attached to an aromatic ring is 2. The van der Waals surface area contributed by atoms with Gasteiger partial charge < -0.3 is 21.9 Å². The maximum atomic E-state index is 8.50. The van der Waals surface area contributed by atoms with Gasteiger partial charge in [-0.3, -0.25) is 0 Å². The first-order valence-electron chi connectivity index (χ1n) is 5.51. The van der Waals surface area contributed by atoms with E-state index in [1.807, 2.05) is 0 Å². The molecule has 0 aromatic carbocycles. The van der Waals surface area contributed by atoms with E-state index in [9.17, 15) is 0 Å². The molecule has 0 aliphatic carbocycles. The van der Waals surface area contributed by atoms with Crippen LogP contribution in [0.25, 0.3) is 0 Å². The number of hydrogen-bond donors (Lipinski definition) is 4. The number of aliphatic hydroxyl groups is 1. The summed E-state index contributed by atoms with van der Waals surface area (Å²) in [6.45, 7) is 0.439. The Kier molecular flexibility index (Phi) is 7.17. The molecule has 114 valence electrons. The van der Waals surface area contributed by atoms with Crippen LogP contribution in [0.2, 0.25) is 15.5 Å². The van der Waals surface area contributed by atoms with Gasteiger partial charge in [0.2, 0.25) is 11.9 Å². The van der Waals surface area contributed by atoms with Gasteiger partial charge in [-0.05, 0) is 0 Å². The van der Waals surface area contributed by atoms with E-state index in [0.717, 1.165) is 0 Å². The van der Waals surface area contributed by atoms with Crippen molar-refractivity contribution < 1.29 is 5.11 Å². The van der Waals surface area contributed by atoms with Gasteiger partial charge in [-0.25, -0.2) is 15.0 Å². The normalized spacial score (nSPS) is 9.71. The molecule has 0 saturated carbocycles. The smallest absolute Gasteiger partial charge is 0.223 e. The molecule has 0 bridgehead atoms. The van der Waals surface area contributed by atoms with Crippen LogP contribution in [-0.4, -0.2) is 38.2 Å². The highest BCUT2D eigenvalue weighted by Gasteiger charge is 1.98. The predicted octanol–water partition coefficient (Wildman–Crippen LogP) is 1.48. The van der Waals surface area contributed by atoms with Gasteiger partial charge in [0.25, 0.3) is 0 Å². The molecule has 8 nitrogen and oxygen atoms in total. The molecule has 2 aromatic rings. The molecular formula is C10H12Cl3N7O. The number of nitrogens with zero attached hydrogens (tertiary/aromatic N) is 4. The Bertz CT molecular complexity index is 528. The topological polar surface area (TPSA) is 136 Å². The van der Waals surface area contributed by atoms with Crippen molar-refractivity contribution in [1.82, 2.24) is 19.9 Å². The highest BCUT2D eigenvalue weighted by atomic mass is 35.5. The number of anilines is 3. The lowest BCUT2D eigenvalue weighted by atomic mass is 10.5. The molecular weight excluding hydrogens is 341 g/mol. The fourth-order valence-electron chi connectivity index (χ4n) is 1.12. The number of aromatic nitrogens is 4. The average Bonchev–Trinajstić information content (AvgIpc) is 2.34. The number of aliphatic hydroxyl groups excluding tert-OH is 1. The van der Waals surface area contributed by atoms with Gasteiger partial charge in [0, 0.05) is 18.7 Å². The third-order valence-electron chi connectivity index (χ3n) is 1.81. The van der Waals surface area contributed by atoms with Crippen LogP contribution < -0.4 is 16.8 Å². The van der Waals surface area contributed by atoms with Crippen molar-refractivity contribution in [3.05, 3.63) is 27.6 Å². The second-order valence-electron chi connectivity index (χ2n) is 3.46. The Morgan fingerprint density at radius 3 is 1.81 bits per heavy atom. The van der Waals surface area contributed by atoms with Crippen molar-refractivity contribution >= 4 is 52.5 Å². The zero-order valence-electron chi connectivity index (χ0n) is 10.6. The zero-order chi connectivity index (χ0) is 15.8. The van der Waals surface area contributed by atoms with Crippen molar-refractivity contribution in [2.24, 2.45) is 0 Å². The van der Waals surface area contributed by atoms with Gasteiger partial charge in [0.15, 0.2) is 0 Å². The highest BCUT2D eigenvalue weighted by molar-refractivity contribution is 6.33. The van der Waals surface area contributed by atoms with Crippen molar-refractivity contribution in [2.45, 2.75) is 0 Å². The molecule has 0 saturated heterocycles. The molecule has 11 heteroatoms. The molecule has 6 N–H and O–H groups in total. The Balaban J connectivity index is 0.000000219. The SMILES string of the molecule is Nc1nc(Cl)cc(Cl)n1.Nc1nc(Cl)cc(NCCO)n1. The molecule has 0 aliphatic rings. The summed E-state index contributed by atoms with van der Waals surface area (Å²) < 4.78 is 0. The zero-order valence-corrected chi connectivity index (χ0v) is 12.9. The first-order chi connectivity index (χ1) is 9.90. The van der Waals surface area contributed by atoms with Gasteiger partial charge in [-0.1, -0.05) is 34.8 Å². The van der Waals surface area contributed by atoms with Crippen LogP contribution in [0.4, 0.5) is 17.7 Å². The number of halogens is 3. The van der Waals surface area contributed by atoms with E-state index in [1.165, 1.54) is 12.1 Å². The molecule has 2 rings (SSSR count). The largest absolute Gasteiger partial charge is 0.395 e. The third-order valence-corrected chi connectivity index (χ3v) is 2.39. The van der Waals surface area contributed by atoms with Crippen LogP contribution >= 0.6 is 34.8 Å². The van der Waals surface area contributed by atoms with E-state index in [1.54, 1.807) is 0 Å². The summed E-state index contributed by atoms with van der Waals surface area (Å²) in [5.41, 5.74) is 10.5. The third kappa shape index (κ3) is 7.09. The van der Waals surface area contributed by atoms with Gasteiger partial charge >= 0.3 is 0 Å². The van der Waals surface area contributed by atoms with Crippen molar-refractivity contribution in [1.29, 1.82) is 0 Å². The maximum absolute atomic E-state index is 8.50. The van der Waals surface area contributed by atoms with Gasteiger partial charge in [0.1, 0.15) is 21.3 Å². The maximum Gasteiger partial charge on any atom is 0.223 e. The van der Waals surface area contributed by atoms with Crippen LogP contribution in [0.5, 0.6) is 0 Å². The Hall–Kier alpha value is -1.61. The first kappa shape index (κ1) is 17.4. The van der Waals surface area contributed by atoms with Gasteiger partial charge in [0.05, 0.1) is 6.61 Å². The molecule has 0 amide bonds. The summed E-state index contributed by atoms with van der Waals surface area (Å²) in [6, 6.07) is 2.95. The summed E-state index contributed by atoms with van der Waals surface area (Å²) in [5.74, 6) is 0.719. The van der Waals surface area contributed by atoms with E-state index in [0.29, 0.717) is 12.4 Å². The summed E-state index contributed by atoms with van der Waals surface area (Å²) in [7, 11) is 0. The summed E-state index contributed by atoms with van der Waals surface area (Å²) in [6.07, 6.45) is 0. The van der Waals surface area contributed by atoms with E-state index >= 15 is 0 Å². The molecule has 0 unspecified atom stereocenters. The fourth-order valence-corrected chi connectivity index (χ4v) is 1.74. The van der Waals surface area contributed by atoms with E-state index in [-0.39, 0.29) is 34.0 Å². The minimum Gasteiger partial charge on any atom is -0.395 e. The molecule has 2 heterocycles. The molecule has 21 heavy (non-hydrogen) atoms. The second-order valence-corrected chi connectivity index (χ2v) is 4.62. The van der Waals surface area contributed by atoms with Gasteiger partial charge in [-0.15, -0.1) is 0 Å². The minimum absolute atomic E-state index is 0.0293. The van der Waals surface area contributed by atoms with Crippen molar-refractivity contribution in [3.63, 3.8) is 0 Å². The average molecular weight is 353 g/mol. The van der Waals surface area contributed by atoms with Crippen LogP contribution in [0.3, 0.4) is 0 Å². The fraction of sp³-hybridized carbons (Fsp3) is 0.200. The lowest BCUT2D eigenvalue weighted by Crippen LogP contribution is -2.08. The van der Waals surface area contributed by atoms with Crippen LogP contribution in [0.15, 0.2) is 12.1 Å². The molecule has 0 fully saturated rings. The van der Waals surface area contributed by atoms with Crippen LogP contribution in [0, 0.1) is 0 Å². The molecule has 0 atom stereocenters. The summed E-state index contributed by atoms with van der Waals surface area (Å²) >= 11 is 16.5. The number of hydrogen-bond acceptors (Lipinski definition) is 8. The molecule has 2 aromatic heterocycles. The van der Waals surface area contributed by atoms with E-state index < -0.39 is 0 Å². The Morgan fingerprint density at radius 1 is 0.905 bits per heavy atom. The van der Waals surface area contributed by atoms with E-state index in [4.69, 9.17) is 51.4 Å². The minimum atomic E-state index is 0.0293. The molecule has 0 radical (unpaired) electrons. The van der Waals surface area contributed by atoms with Crippen molar-refractivity contribution in [3.8, 4) is 0 Å². The summed E-state index contributed by atoms with van der Waals surface area (Å²) in [5, 5.41) is 12.1. The first-order valence-corrected chi connectivity index (χ1v) is 6.64. The lowest BCUT2D eigenvalue weighted by Gasteiger charge is -2.03. The Labute approximate surface area is 135 Å². The Morgan fingerprint density at radius 2 is 1.38 bits per heavy atom. The number of nitrogens with one attached hydrogen (secondary N) is 1. The quantitative estimate of drug-likeness (QED) is 0.610. The number of rotatable bonds is 3. The van der Waals surface area contributed by atoms with E-state index in [2.05, 4.69) is 25.3 Å². The highest BCUT2D eigenvalue weighted by Crippen LogP contribution is 2.12. The second kappa shape index (κ2) is 8.63. The van der Waals surface area contributed by atoms with Crippen LogP contribution in [-0.2, 0) is 0 Å². The number of nitrogens with two attached hydrogens (primary N) is 2. The summed E-state index contributed by atoms with van der Waals surface area (Å²) in [4.78, 5) is 14.7. The van der Waals surface area contributed by atoms with Crippen LogP contribution in [0.1, 0.15) is 0 Å². The lowest BCUT2D eigenvalue weighted by molar-refractivity contribution is 0.311. The van der Waals surface area contributed by atoms with Gasteiger partial charge in [-0.2, -0.15) is 4.98 Å². The monoisotopic (exact) mass is 351 g/mol. The molecule has 0 spiro atoms.